The van der Waals surface area contributed by atoms with Crippen LogP contribution in [-0.4, -0.2) is 28.1 Å². The third kappa shape index (κ3) is 5.20. The monoisotopic (exact) mass is 287 g/mol. The van der Waals surface area contributed by atoms with E-state index in [1.165, 1.54) is 24.3 Å². The van der Waals surface area contributed by atoms with E-state index < -0.39 is 18.1 Å². The van der Waals surface area contributed by atoms with Crippen molar-refractivity contribution in [3.63, 3.8) is 0 Å². The van der Waals surface area contributed by atoms with Gasteiger partial charge in [-0.15, -0.1) is 0 Å². The summed E-state index contributed by atoms with van der Waals surface area (Å²) in [6.07, 6.45) is 0.868. The van der Waals surface area contributed by atoms with E-state index in [1.807, 2.05) is 0 Å². The van der Waals surface area contributed by atoms with Crippen molar-refractivity contribution >= 4 is 18.1 Å². The van der Waals surface area contributed by atoms with Crippen molar-refractivity contribution in [1.29, 1.82) is 0 Å². The van der Waals surface area contributed by atoms with Crippen LogP contribution in [0.1, 0.15) is 6.42 Å². The van der Waals surface area contributed by atoms with Gasteiger partial charge in [0.2, 0.25) is 10.0 Å². The van der Waals surface area contributed by atoms with Gasteiger partial charge in [0.15, 0.2) is 0 Å². The molecule has 0 fully saturated rings. The number of rotatable bonds is 6. The summed E-state index contributed by atoms with van der Waals surface area (Å²) in [6.45, 7) is 7.26. The molecule has 0 heterocycles. The first-order valence-electron chi connectivity index (χ1n) is 5.99. The first kappa shape index (κ1) is 15.2. The predicted molar refractivity (Wildman–Crippen MR) is 76.1 cm³/mol. The molecule has 2 N–H and O–H groups in total. The molecule has 102 valence electrons. The fourth-order valence-electron chi connectivity index (χ4n) is 1.53. The van der Waals surface area contributed by atoms with Gasteiger partial charge < -0.3 is 5.11 Å². The number of benzene rings is 1. The zero-order valence-corrected chi connectivity index (χ0v) is 12.9. The van der Waals surface area contributed by atoms with Crippen molar-refractivity contribution < 1.29 is 13.5 Å². The van der Waals surface area contributed by atoms with Crippen LogP contribution in [0.2, 0.25) is 25.7 Å². The lowest BCUT2D eigenvalue weighted by atomic mass is 10.3. The number of hydrogen-bond donors (Lipinski definition) is 2. The lowest BCUT2D eigenvalue weighted by Crippen LogP contribution is -2.27. The van der Waals surface area contributed by atoms with Gasteiger partial charge in [-0.25, -0.2) is 13.1 Å². The zero-order chi connectivity index (χ0) is 13.8. The second-order valence-corrected chi connectivity index (χ2v) is 12.9. The van der Waals surface area contributed by atoms with Gasteiger partial charge in [0.05, 0.1) is 4.90 Å². The zero-order valence-electron chi connectivity index (χ0n) is 11.1. The molecule has 0 aliphatic carbocycles. The maximum Gasteiger partial charge on any atom is 0.240 e. The summed E-state index contributed by atoms with van der Waals surface area (Å²) in [5.41, 5.74) is 0. The van der Waals surface area contributed by atoms with Crippen molar-refractivity contribution in [2.75, 3.05) is 6.54 Å². The maximum atomic E-state index is 11.9. The average molecular weight is 287 g/mol. The highest BCUT2D eigenvalue weighted by molar-refractivity contribution is 7.89. The summed E-state index contributed by atoms with van der Waals surface area (Å²) in [5.74, 6) is 0.0627. The first-order valence-corrected chi connectivity index (χ1v) is 11.2. The van der Waals surface area contributed by atoms with Gasteiger partial charge in [0.1, 0.15) is 5.75 Å². The van der Waals surface area contributed by atoms with E-state index in [-0.39, 0.29) is 10.6 Å². The van der Waals surface area contributed by atoms with Crippen molar-refractivity contribution in [1.82, 2.24) is 4.72 Å². The summed E-state index contributed by atoms with van der Waals surface area (Å²) in [7, 11) is -4.55. The molecule has 6 heteroatoms. The van der Waals surface area contributed by atoms with Crippen molar-refractivity contribution in [2.45, 2.75) is 37.0 Å². The molecule has 0 unspecified atom stereocenters. The Morgan fingerprint density at radius 1 is 1.17 bits per heavy atom. The standard InChI is InChI=1S/C12H21NO3SSi/c1-18(2,3)10-4-9-13-17(15,16)12-7-5-11(14)6-8-12/h5-8,13-14H,4,9-10H2,1-3H3. The van der Waals surface area contributed by atoms with Crippen LogP contribution in [0.4, 0.5) is 0 Å². The van der Waals surface area contributed by atoms with Crippen molar-refractivity contribution in [3.8, 4) is 5.75 Å². The molecule has 1 rings (SSSR count). The highest BCUT2D eigenvalue weighted by Crippen LogP contribution is 2.15. The second kappa shape index (κ2) is 5.86. The van der Waals surface area contributed by atoms with Gasteiger partial charge in [-0.2, -0.15) is 0 Å². The highest BCUT2D eigenvalue weighted by Gasteiger charge is 2.15. The fraction of sp³-hybridized carbons (Fsp3) is 0.500. The number of phenolic OH excluding ortho intramolecular Hbond substituents is 1. The topological polar surface area (TPSA) is 66.4 Å². The van der Waals surface area contributed by atoms with Crippen LogP contribution in [0, 0.1) is 0 Å². The van der Waals surface area contributed by atoms with E-state index in [4.69, 9.17) is 5.11 Å². The van der Waals surface area contributed by atoms with Crippen LogP contribution in [0.25, 0.3) is 0 Å². The molecule has 18 heavy (non-hydrogen) atoms. The lowest BCUT2D eigenvalue weighted by molar-refractivity contribution is 0.474. The summed E-state index contributed by atoms with van der Waals surface area (Å²) >= 11 is 0. The molecule has 0 aliphatic rings. The van der Waals surface area contributed by atoms with E-state index in [0.29, 0.717) is 6.54 Å². The molecule has 0 saturated carbocycles. The number of sulfonamides is 1. The Bertz CT molecular complexity index is 477. The Morgan fingerprint density at radius 2 is 1.72 bits per heavy atom. The largest absolute Gasteiger partial charge is 0.508 e. The quantitative estimate of drug-likeness (QED) is 0.623. The molecular formula is C12H21NO3SSi. The number of phenols is 1. The summed E-state index contributed by atoms with van der Waals surface area (Å²) in [4.78, 5) is 0.188. The van der Waals surface area contributed by atoms with Crippen LogP contribution in [0.5, 0.6) is 5.75 Å². The molecule has 0 spiro atoms. The Morgan fingerprint density at radius 3 is 2.22 bits per heavy atom. The Balaban J connectivity index is 2.53. The number of aromatic hydroxyl groups is 1. The van der Waals surface area contributed by atoms with Crippen molar-refractivity contribution in [2.24, 2.45) is 0 Å². The van der Waals surface area contributed by atoms with E-state index >= 15 is 0 Å². The second-order valence-electron chi connectivity index (χ2n) is 5.56. The Labute approximate surface area is 110 Å². The van der Waals surface area contributed by atoms with Gasteiger partial charge in [-0.1, -0.05) is 25.7 Å². The van der Waals surface area contributed by atoms with Gasteiger partial charge in [-0.3, -0.25) is 0 Å². The molecule has 0 atom stereocenters. The number of hydrogen-bond acceptors (Lipinski definition) is 3. The Hall–Kier alpha value is -0.853. The third-order valence-corrected chi connectivity index (χ3v) is 5.87. The van der Waals surface area contributed by atoms with E-state index in [2.05, 4.69) is 24.4 Å². The molecular weight excluding hydrogens is 266 g/mol. The maximum absolute atomic E-state index is 11.9. The fourth-order valence-corrected chi connectivity index (χ4v) is 3.85. The van der Waals surface area contributed by atoms with E-state index in [1.54, 1.807) is 0 Å². The van der Waals surface area contributed by atoms with Crippen LogP contribution in [0.3, 0.4) is 0 Å². The first-order chi connectivity index (χ1) is 8.21. The average Bonchev–Trinajstić information content (AvgIpc) is 2.24. The summed E-state index contributed by atoms with van der Waals surface area (Å²) < 4.78 is 26.4. The number of nitrogens with one attached hydrogen (secondary N) is 1. The highest BCUT2D eigenvalue weighted by atomic mass is 32.2. The molecule has 0 aliphatic heterocycles. The van der Waals surface area contributed by atoms with Crippen LogP contribution < -0.4 is 4.72 Å². The Kier molecular flexibility index (Phi) is 4.95. The van der Waals surface area contributed by atoms with Gasteiger partial charge in [0.25, 0.3) is 0 Å². The minimum absolute atomic E-state index is 0.0627. The molecule has 0 radical (unpaired) electrons. The predicted octanol–water partition coefficient (Wildman–Crippen LogP) is 2.40. The van der Waals surface area contributed by atoms with E-state index in [9.17, 15) is 8.42 Å². The summed E-state index contributed by atoms with van der Waals surface area (Å²) in [5, 5.41) is 9.12. The molecule has 0 saturated heterocycles. The lowest BCUT2D eigenvalue weighted by Gasteiger charge is -2.15. The minimum atomic E-state index is -3.44. The molecule has 1 aromatic rings. The normalized spacial score (nSPS) is 12.6. The summed E-state index contributed by atoms with van der Waals surface area (Å²) in [6, 6.07) is 6.64. The van der Waals surface area contributed by atoms with Crippen molar-refractivity contribution in [3.05, 3.63) is 24.3 Å². The van der Waals surface area contributed by atoms with Crippen LogP contribution >= 0.6 is 0 Å². The van der Waals surface area contributed by atoms with Gasteiger partial charge in [-0.05, 0) is 30.7 Å². The smallest absolute Gasteiger partial charge is 0.240 e. The molecule has 1 aromatic carbocycles. The third-order valence-electron chi connectivity index (χ3n) is 2.54. The molecule has 0 bridgehead atoms. The molecule has 4 nitrogen and oxygen atoms in total. The minimum Gasteiger partial charge on any atom is -0.508 e. The SMILES string of the molecule is C[Si](C)(C)CCCNS(=O)(=O)c1ccc(O)cc1. The van der Waals surface area contributed by atoms with Crippen LogP contribution in [0.15, 0.2) is 29.2 Å². The van der Waals surface area contributed by atoms with Gasteiger partial charge >= 0.3 is 0 Å². The van der Waals surface area contributed by atoms with Gasteiger partial charge in [0, 0.05) is 14.6 Å². The van der Waals surface area contributed by atoms with Crippen LogP contribution in [-0.2, 0) is 10.0 Å². The molecule has 0 aromatic heterocycles. The van der Waals surface area contributed by atoms with E-state index in [0.717, 1.165) is 12.5 Å². The molecule has 0 amide bonds.